The van der Waals surface area contributed by atoms with Gasteiger partial charge in [-0.25, -0.2) is 14.6 Å². The van der Waals surface area contributed by atoms with Crippen LogP contribution < -0.4 is 0 Å². The fraction of sp³-hybridized carbons (Fsp3) is 0.643. The summed E-state index contributed by atoms with van der Waals surface area (Å²) in [4.78, 5) is 28.7. The lowest BCUT2D eigenvalue weighted by atomic mass is 10.1. The maximum Gasteiger partial charge on any atom is 0.410 e. The largest absolute Gasteiger partial charge is 0.475 e. The fourth-order valence-corrected chi connectivity index (χ4v) is 2.24. The van der Waals surface area contributed by atoms with E-state index in [9.17, 15) is 9.59 Å². The molecule has 1 N–H and O–H groups in total. The lowest BCUT2D eigenvalue weighted by Crippen LogP contribution is -2.35. The molecule has 1 saturated heterocycles. The van der Waals surface area contributed by atoms with Crippen molar-refractivity contribution < 1.29 is 23.8 Å². The minimum absolute atomic E-state index is 0.0932. The van der Waals surface area contributed by atoms with Gasteiger partial charge in [0.05, 0.1) is 11.6 Å². The van der Waals surface area contributed by atoms with E-state index < -0.39 is 11.6 Å². The van der Waals surface area contributed by atoms with E-state index in [1.165, 1.54) is 0 Å². The van der Waals surface area contributed by atoms with E-state index in [1.807, 2.05) is 20.8 Å². The lowest BCUT2D eigenvalue weighted by molar-refractivity contribution is 0.0291. The second-order valence-electron chi connectivity index (χ2n) is 6.18. The number of rotatable bonds is 2. The SMILES string of the molecule is Cc1nc([C@H]2CCN(C(=O)OC(C)(C)C)C2)oc1C(=O)O. The number of hydrogen-bond acceptors (Lipinski definition) is 5. The van der Waals surface area contributed by atoms with Crippen LogP contribution in [0.15, 0.2) is 4.42 Å². The predicted octanol–water partition coefficient (Wildman–Crippen LogP) is 2.41. The van der Waals surface area contributed by atoms with Crippen molar-refractivity contribution in [2.75, 3.05) is 13.1 Å². The maximum atomic E-state index is 12.0. The van der Waals surface area contributed by atoms with Crippen LogP contribution in [0, 0.1) is 6.92 Å². The molecule has 116 valence electrons. The van der Waals surface area contributed by atoms with Crippen molar-refractivity contribution in [1.29, 1.82) is 0 Å². The van der Waals surface area contributed by atoms with E-state index >= 15 is 0 Å². The highest BCUT2D eigenvalue weighted by molar-refractivity contribution is 5.85. The molecule has 1 aliphatic heterocycles. The average molecular weight is 296 g/mol. The third-order valence-electron chi connectivity index (χ3n) is 3.20. The van der Waals surface area contributed by atoms with Gasteiger partial charge in [-0.1, -0.05) is 0 Å². The molecule has 2 heterocycles. The first kappa shape index (κ1) is 15.3. The normalized spacial score (nSPS) is 18.9. The van der Waals surface area contributed by atoms with Gasteiger partial charge in [-0.15, -0.1) is 0 Å². The highest BCUT2D eigenvalue weighted by Gasteiger charge is 2.33. The van der Waals surface area contributed by atoms with Crippen molar-refractivity contribution >= 4 is 12.1 Å². The number of carboxylic acid groups (broad SMARTS) is 1. The van der Waals surface area contributed by atoms with Crippen LogP contribution in [0.3, 0.4) is 0 Å². The summed E-state index contributed by atoms with van der Waals surface area (Å²) in [5.74, 6) is -0.991. The molecule has 1 aliphatic rings. The Bertz CT molecular complexity index is 558. The van der Waals surface area contributed by atoms with Gasteiger partial charge in [0.1, 0.15) is 5.60 Å². The summed E-state index contributed by atoms with van der Waals surface area (Å²) in [6.07, 6.45) is 0.310. The number of aromatic nitrogens is 1. The molecule has 0 unspecified atom stereocenters. The van der Waals surface area contributed by atoms with Crippen LogP contribution in [0.5, 0.6) is 0 Å². The summed E-state index contributed by atoms with van der Waals surface area (Å²) in [6.45, 7) is 8.01. The number of oxazole rings is 1. The molecule has 21 heavy (non-hydrogen) atoms. The van der Waals surface area contributed by atoms with E-state index in [0.29, 0.717) is 31.1 Å². The van der Waals surface area contributed by atoms with E-state index in [-0.39, 0.29) is 17.8 Å². The number of carbonyl (C=O) groups excluding carboxylic acids is 1. The number of nitrogens with zero attached hydrogens (tertiary/aromatic N) is 2. The van der Waals surface area contributed by atoms with Gasteiger partial charge in [0.2, 0.25) is 11.7 Å². The number of ether oxygens (including phenoxy) is 1. The third kappa shape index (κ3) is 3.53. The Balaban J connectivity index is 2.04. The van der Waals surface area contributed by atoms with Gasteiger partial charge >= 0.3 is 12.1 Å². The molecular formula is C14H20N2O5. The number of carbonyl (C=O) groups is 2. The van der Waals surface area contributed by atoms with Gasteiger partial charge in [-0.05, 0) is 34.1 Å². The number of aryl methyl sites for hydroxylation is 1. The first-order valence-electron chi connectivity index (χ1n) is 6.86. The zero-order valence-electron chi connectivity index (χ0n) is 12.7. The Kier molecular flexibility index (Phi) is 3.93. The summed E-state index contributed by atoms with van der Waals surface area (Å²) in [5, 5.41) is 8.97. The number of carboxylic acids is 1. The van der Waals surface area contributed by atoms with Crippen LogP contribution in [-0.2, 0) is 4.74 Å². The molecule has 0 aromatic carbocycles. The number of aromatic carboxylic acids is 1. The molecule has 1 fully saturated rings. The van der Waals surface area contributed by atoms with E-state index in [2.05, 4.69) is 4.98 Å². The molecule has 0 radical (unpaired) electrons. The molecular weight excluding hydrogens is 276 g/mol. The summed E-state index contributed by atoms with van der Waals surface area (Å²) in [5.41, 5.74) is -0.182. The first-order valence-corrected chi connectivity index (χ1v) is 6.86. The van der Waals surface area contributed by atoms with Gasteiger partial charge in [0, 0.05) is 13.1 Å². The second kappa shape index (κ2) is 5.38. The molecule has 0 saturated carbocycles. The van der Waals surface area contributed by atoms with Gasteiger partial charge < -0.3 is 19.2 Å². The van der Waals surface area contributed by atoms with Crippen LogP contribution >= 0.6 is 0 Å². The zero-order chi connectivity index (χ0) is 15.8. The quantitative estimate of drug-likeness (QED) is 0.900. The minimum Gasteiger partial charge on any atom is -0.475 e. The van der Waals surface area contributed by atoms with Crippen molar-refractivity contribution in [3.8, 4) is 0 Å². The molecule has 2 rings (SSSR count). The summed E-state index contributed by atoms with van der Waals surface area (Å²) >= 11 is 0. The highest BCUT2D eigenvalue weighted by Crippen LogP contribution is 2.29. The Labute approximate surface area is 122 Å². The first-order chi connectivity index (χ1) is 9.67. The zero-order valence-corrected chi connectivity index (χ0v) is 12.7. The summed E-state index contributed by atoms with van der Waals surface area (Å²) in [7, 11) is 0. The molecule has 0 aliphatic carbocycles. The van der Waals surface area contributed by atoms with Crippen LogP contribution in [-0.4, -0.2) is 45.7 Å². The van der Waals surface area contributed by atoms with E-state index in [0.717, 1.165) is 0 Å². The standard InChI is InChI=1S/C14H20N2O5/c1-8-10(12(17)18)20-11(15-8)9-5-6-16(7-9)13(19)21-14(2,3)4/h9H,5-7H2,1-4H3,(H,17,18)/t9-/m0/s1. The Morgan fingerprint density at radius 2 is 2.10 bits per heavy atom. The Morgan fingerprint density at radius 3 is 2.62 bits per heavy atom. The molecule has 0 bridgehead atoms. The summed E-state index contributed by atoms with van der Waals surface area (Å²) in [6, 6.07) is 0. The van der Waals surface area contributed by atoms with Crippen LogP contribution in [0.25, 0.3) is 0 Å². The maximum absolute atomic E-state index is 12.0. The number of likely N-dealkylation sites (tertiary alicyclic amines) is 1. The minimum atomic E-state index is -1.13. The van der Waals surface area contributed by atoms with Crippen LogP contribution in [0.2, 0.25) is 0 Å². The van der Waals surface area contributed by atoms with Crippen LogP contribution in [0.1, 0.15) is 55.2 Å². The molecule has 1 aromatic heterocycles. The molecule has 1 aromatic rings. The topological polar surface area (TPSA) is 92.9 Å². The molecule has 7 nitrogen and oxygen atoms in total. The highest BCUT2D eigenvalue weighted by atomic mass is 16.6. The Hall–Kier alpha value is -2.05. The predicted molar refractivity (Wildman–Crippen MR) is 73.4 cm³/mol. The molecule has 0 spiro atoms. The molecule has 7 heteroatoms. The van der Waals surface area contributed by atoms with Crippen LogP contribution in [0.4, 0.5) is 4.79 Å². The fourth-order valence-electron chi connectivity index (χ4n) is 2.24. The third-order valence-corrected chi connectivity index (χ3v) is 3.20. The average Bonchev–Trinajstić information content (AvgIpc) is 2.92. The van der Waals surface area contributed by atoms with Crippen molar-refractivity contribution in [3.63, 3.8) is 0 Å². The number of amides is 1. The van der Waals surface area contributed by atoms with Gasteiger partial charge in [-0.3, -0.25) is 0 Å². The molecule has 1 atom stereocenters. The molecule has 1 amide bonds. The Morgan fingerprint density at radius 1 is 1.43 bits per heavy atom. The summed E-state index contributed by atoms with van der Waals surface area (Å²) < 4.78 is 10.6. The van der Waals surface area contributed by atoms with Gasteiger partial charge in [0.25, 0.3) is 0 Å². The van der Waals surface area contributed by atoms with E-state index in [1.54, 1.807) is 11.8 Å². The van der Waals surface area contributed by atoms with Crippen molar-refractivity contribution in [2.45, 2.75) is 45.6 Å². The number of hydrogen-bond donors (Lipinski definition) is 1. The second-order valence-corrected chi connectivity index (χ2v) is 6.18. The van der Waals surface area contributed by atoms with Crippen molar-refractivity contribution in [1.82, 2.24) is 9.88 Å². The van der Waals surface area contributed by atoms with E-state index in [4.69, 9.17) is 14.3 Å². The lowest BCUT2D eigenvalue weighted by Gasteiger charge is -2.24. The van der Waals surface area contributed by atoms with Gasteiger partial charge in [0.15, 0.2) is 0 Å². The monoisotopic (exact) mass is 296 g/mol. The van der Waals surface area contributed by atoms with Crippen molar-refractivity contribution in [3.05, 3.63) is 17.3 Å². The van der Waals surface area contributed by atoms with Gasteiger partial charge in [-0.2, -0.15) is 0 Å². The smallest absolute Gasteiger partial charge is 0.410 e. The van der Waals surface area contributed by atoms with Crippen molar-refractivity contribution in [2.24, 2.45) is 0 Å².